The molecule has 0 radical (unpaired) electrons. The molecule has 2 aromatic carbocycles. The first-order valence-corrected chi connectivity index (χ1v) is 8.45. The number of benzene rings is 2. The van der Waals surface area contributed by atoms with Crippen LogP contribution in [-0.2, 0) is 5.88 Å². The third kappa shape index (κ3) is 3.45. The van der Waals surface area contributed by atoms with E-state index in [2.05, 4.69) is 47.8 Å². The Labute approximate surface area is 146 Å². The molecule has 0 saturated heterocycles. The summed E-state index contributed by atoms with van der Waals surface area (Å²) in [6.45, 7) is 0. The monoisotopic (exact) mass is 480 g/mol. The van der Waals surface area contributed by atoms with Crippen molar-refractivity contribution in [3.8, 4) is 5.75 Å². The van der Waals surface area contributed by atoms with Gasteiger partial charge in [-0.15, -0.1) is 11.6 Å². The van der Waals surface area contributed by atoms with E-state index < -0.39 is 5.97 Å². The van der Waals surface area contributed by atoms with Crippen LogP contribution in [0.1, 0.15) is 15.9 Å². The summed E-state index contributed by atoms with van der Waals surface area (Å²) in [5.74, 6) is 0.266. The Balaban J connectivity index is 2.31. The Morgan fingerprint density at radius 3 is 2.45 bits per heavy atom. The molecular formula is C14H8Br3ClO2. The molecule has 2 rings (SSSR count). The van der Waals surface area contributed by atoms with Crippen LogP contribution in [0.25, 0.3) is 0 Å². The van der Waals surface area contributed by atoms with E-state index in [-0.39, 0.29) is 5.88 Å². The molecule has 0 unspecified atom stereocenters. The highest BCUT2D eigenvalue weighted by Crippen LogP contribution is 2.38. The van der Waals surface area contributed by atoms with E-state index >= 15 is 0 Å². The molecule has 0 aromatic heterocycles. The molecule has 0 bridgehead atoms. The molecule has 0 N–H and O–H groups in total. The van der Waals surface area contributed by atoms with E-state index in [4.69, 9.17) is 16.3 Å². The fourth-order valence-corrected chi connectivity index (χ4v) is 3.16. The van der Waals surface area contributed by atoms with Gasteiger partial charge in [-0.05, 0) is 71.6 Å². The summed E-state index contributed by atoms with van der Waals surface area (Å²) in [5, 5.41) is 0. The minimum Gasteiger partial charge on any atom is -0.422 e. The molecule has 0 amide bonds. The summed E-state index contributed by atoms with van der Waals surface area (Å²) in [6, 6.07) is 10.6. The van der Waals surface area contributed by atoms with E-state index in [1.165, 1.54) is 0 Å². The topological polar surface area (TPSA) is 26.3 Å². The third-order valence-electron chi connectivity index (χ3n) is 2.58. The molecular weight excluding hydrogens is 475 g/mol. The first-order chi connectivity index (χ1) is 9.54. The lowest BCUT2D eigenvalue weighted by Crippen LogP contribution is -2.11. The van der Waals surface area contributed by atoms with Crippen molar-refractivity contribution in [1.29, 1.82) is 0 Å². The average molecular weight is 483 g/mol. The van der Waals surface area contributed by atoms with Gasteiger partial charge in [-0.1, -0.05) is 18.2 Å². The van der Waals surface area contributed by atoms with Crippen molar-refractivity contribution in [2.75, 3.05) is 0 Å². The van der Waals surface area contributed by atoms with E-state index in [1.54, 1.807) is 30.3 Å². The number of hydrogen-bond donors (Lipinski definition) is 0. The van der Waals surface area contributed by atoms with Crippen molar-refractivity contribution < 1.29 is 9.53 Å². The van der Waals surface area contributed by atoms with Gasteiger partial charge in [0.1, 0.15) is 5.75 Å². The maximum Gasteiger partial charge on any atom is 0.343 e. The summed E-state index contributed by atoms with van der Waals surface area (Å²) in [4.78, 5) is 12.2. The summed E-state index contributed by atoms with van der Waals surface area (Å²) in [6.07, 6.45) is 0. The van der Waals surface area contributed by atoms with E-state index in [0.29, 0.717) is 15.8 Å². The van der Waals surface area contributed by atoms with Crippen LogP contribution in [0.5, 0.6) is 5.75 Å². The summed E-state index contributed by atoms with van der Waals surface area (Å²) in [7, 11) is 0. The fraction of sp³-hybridized carbons (Fsp3) is 0.0714. The van der Waals surface area contributed by atoms with Gasteiger partial charge in [0.05, 0.1) is 10.0 Å². The highest BCUT2D eigenvalue weighted by Gasteiger charge is 2.16. The number of alkyl halides is 1. The number of carbonyl (C=O) groups is 1. The van der Waals surface area contributed by atoms with Gasteiger partial charge in [0.15, 0.2) is 0 Å². The Kier molecular flexibility index (Phi) is 5.66. The van der Waals surface area contributed by atoms with Crippen molar-refractivity contribution in [2.45, 2.75) is 5.88 Å². The van der Waals surface area contributed by atoms with E-state index in [0.717, 1.165) is 14.5 Å². The summed E-state index contributed by atoms with van der Waals surface area (Å²) < 4.78 is 7.74. The Bertz CT molecular complexity index is 659. The molecule has 0 aliphatic heterocycles. The van der Waals surface area contributed by atoms with Crippen LogP contribution in [0.15, 0.2) is 49.8 Å². The Morgan fingerprint density at radius 1 is 1.05 bits per heavy atom. The van der Waals surface area contributed by atoms with Gasteiger partial charge in [-0.3, -0.25) is 0 Å². The smallest absolute Gasteiger partial charge is 0.343 e. The molecule has 0 heterocycles. The fourth-order valence-electron chi connectivity index (χ4n) is 1.58. The van der Waals surface area contributed by atoms with Crippen LogP contribution >= 0.6 is 59.4 Å². The van der Waals surface area contributed by atoms with Crippen molar-refractivity contribution >= 4 is 65.4 Å². The molecule has 2 aromatic rings. The number of halogens is 4. The third-order valence-corrected chi connectivity index (χ3v) is 6.21. The molecule has 0 aliphatic carbocycles. The van der Waals surface area contributed by atoms with Crippen molar-refractivity contribution in [3.05, 3.63) is 60.9 Å². The van der Waals surface area contributed by atoms with Crippen LogP contribution in [0.3, 0.4) is 0 Å². The second-order valence-corrected chi connectivity index (χ2v) is 6.56. The zero-order valence-corrected chi connectivity index (χ0v) is 15.5. The summed E-state index contributed by atoms with van der Waals surface area (Å²) in [5.41, 5.74) is 1.21. The van der Waals surface area contributed by atoms with Gasteiger partial charge in [0.2, 0.25) is 0 Å². The van der Waals surface area contributed by atoms with Gasteiger partial charge >= 0.3 is 5.97 Å². The predicted octanol–water partition coefficient (Wildman–Crippen LogP) is 5.93. The van der Waals surface area contributed by atoms with Gasteiger partial charge in [-0.2, -0.15) is 0 Å². The van der Waals surface area contributed by atoms with Crippen LogP contribution < -0.4 is 4.74 Å². The normalized spacial score (nSPS) is 10.4. The lowest BCUT2D eigenvalue weighted by atomic mass is 10.1. The molecule has 20 heavy (non-hydrogen) atoms. The highest BCUT2D eigenvalue weighted by molar-refractivity contribution is 9.14. The van der Waals surface area contributed by atoms with Crippen LogP contribution in [0.4, 0.5) is 0 Å². The van der Waals surface area contributed by atoms with Crippen LogP contribution in [0.2, 0.25) is 0 Å². The Hall–Kier alpha value is -0.360. The number of carbonyl (C=O) groups excluding carboxylic acids is 1. The molecule has 6 heteroatoms. The molecule has 0 saturated carbocycles. The van der Waals surface area contributed by atoms with Gasteiger partial charge in [0.25, 0.3) is 0 Å². The zero-order chi connectivity index (χ0) is 14.7. The number of rotatable bonds is 3. The number of hydrogen-bond acceptors (Lipinski definition) is 2. The quantitative estimate of drug-likeness (QED) is 0.234. The lowest BCUT2D eigenvalue weighted by Gasteiger charge is -2.10. The van der Waals surface area contributed by atoms with Gasteiger partial charge in [0, 0.05) is 14.8 Å². The van der Waals surface area contributed by atoms with Crippen LogP contribution in [0, 0.1) is 0 Å². The molecule has 104 valence electrons. The number of ether oxygens (including phenoxy) is 1. The average Bonchev–Trinajstić information content (AvgIpc) is 2.47. The van der Waals surface area contributed by atoms with Crippen molar-refractivity contribution in [2.24, 2.45) is 0 Å². The number of esters is 1. The molecule has 0 spiro atoms. The largest absolute Gasteiger partial charge is 0.422 e. The standard InChI is InChI=1S/C14H8Br3ClO2/c15-10-5-6-11(13(17)12(10)16)20-14(19)9-4-2-1-3-8(9)7-18/h1-6H,7H2. The summed E-state index contributed by atoms with van der Waals surface area (Å²) >= 11 is 16.0. The molecule has 2 nitrogen and oxygen atoms in total. The minimum atomic E-state index is -0.434. The first-order valence-electron chi connectivity index (χ1n) is 5.54. The lowest BCUT2D eigenvalue weighted by molar-refractivity contribution is 0.0732. The SMILES string of the molecule is O=C(Oc1ccc(Br)c(Br)c1Br)c1ccccc1CCl. The second-order valence-electron chi connectivity index (χ2n) is 3.85. The predicted molar refractivity (Wildman–Crippen MR) is 90.5 cm³/mol. The van der Waals surface area contributed by atoms with E-state index in [9.17, 15) is 4.79 Å². The Morgan fingerprint density at radius 2 is 1.75 bits per heavy atom. The van der Waals surface area contributed by atoms with Crippen molar-refractivity contribution in [1.82, 2.24) is 0 Å². The molecule has 0 aliphatic rings. The maximum atomic E-state index is 12.2. The maximum absolute atomic E-state index is 12.2. The van der Waals surface area contributed by atoms with Gasteiger partial charge in [-0.25, -0.2) is 4.79 Å². The van der Waals surface area contributed by atoms with E-state index in [1.807, 2.05) is 6.07 Å². The molecule has 0 atom stereocenters. The minimum absolute atomic E-state index is 0.260. The first kappa shape index (κ1) is 16.0. The van der Waals surface area contributed by atoms with Crippen molar-refractivity contribution in [3.63, 3.8) is 0 Å². The molecule has 0 fully saturated rings. The second kappa shape index (κ2) is 7.07. The zero-order valence-electron chi connectivity index (χ0n) is 10.00. The highest BCUT2D eigenvalue weighted by atomic mass is 79.9. The van der Waals surface area contributed by atoms with Crippen LogP contribution in [-0.4, -0.2) is 5.97 Å². The van der Waals surface area contributed by atoms with Gasteiger partial charge < -0.3 is 4.74 Å².